The number of benzene rings is 1. The van der Waals surface area contributed by atoms with Crippen LogP contribution < -0.4 is 10.0 Å². The molecule has 1 fully saturated rings. The molecule has 0 aliphatic heterocycles. The molecule has 1 unspecified atom stereocenters. The maximum Gasteiger partial charge on any atom is 0.243 e. The van der Waals surface area contributed by atoms with E-state index in [4.69, 9.17) is 0 Å². The zero-order chi connectivity index (χ0) is 23.0. The number of hydrogen-bond acceptors (Lipinski definition) is 5. The topological polar surface area (TPSA) is 95.6 Å². The lowest BCUT2D eigenvalue weighted by atomic mass is 9.95. The summed E-state index contributed by atoms with van der Waals surface area (Å²) in [6, 6.07) is 11.2. The van der Waals surface area contributed by atoms with Crippen molar-refractivity contribution in [2.75, 3.05) is 6.54 Å². The van der Waals surface area contributed by atoms with E-state index in [2.05, 4.69) is 10.0 Å². The Morgan fingerprint density at radius 3 is 2.44 bits per heavy atom. The number of rotatable bonds is 10. The molecular weight excluding hydrogens is 446 g/mol. The summed E-state index contributed by atoms with van der Waals surface area (Å²) in [5, 5.41) is 5.03. The van der Waals surface area contributed by atoms with Crippen molar-refractivity contribution in [2.24, 2.45) is 0 Å². The third-order valence-corrected chi connectivity index (χ3v) is 7.99. The number of sulfonamides is 1. The first-order valence-electron chi connectivity index (χ1n) is 11.1. The lowest BCUT2D eigenvalue weighted by Gasteiger charge is -2.32. The highest BCUT2D eigenvalue weighted by atomic mass is 32.2. The Bertz CT molecular complexity index is 972. The van der Waals surface area contributed by atoms with E-state index in [0.717, 1.165) is 30.6 Å². The van der Waals surface area contributed by atoms with Crippen molar-refractivity contribution in [1.29, 1.82) is 0 Å². The van der Waals surface area contributed by atoms with Crippen LogP contribution in [0.25, 0.3) is 0 Å². The van der Waals surface area contributed by atoms with Gasteiger partial charge in [-0.05, 0) is 42.8 Å². The molecular formula is C23H31N3O4S2. The molecule has 32 heavy (non-hydrogen) atoms. The Kier molecular flexibility index (Phi) is 8.84. The Morgan fingerprint density at radius 1 is 1.09 bits per heavy atom. The van der Waals surface area contributed by atoms with Gasteiger partial charge in [0.25, 0.3) is 0 Å². The molecule has 0 radical (unpaired) electrons. The smallest absolute Gasteiger partial charge is 0.243 e. The molecule has 0 bridgehead atoms. The summed E-state index contributed by atoms with van der Waals surface area (Å²) in [7, 11) is -3.82. The van der Waals surface area contributed by atoms with Crippen molar-refractivity contribution in [3.8, 4) is 0 Å². The summed E-state index contributed by atoms with van der Waals surface area (Å²) < 4.78 is 27.5. The van der Waals surface area contributed by atoms with Gasteiger partial charge in [0, 0.05) is 10.9 Å². The van der Waals surface area contributed by atoms with Crippen molar-refractivity contribution >= 4 is 33.2 Å². The Hall–Kier alpha value is -2.23. The van der Waals surface area contributed by atoms with Crippen LogP contribution in [0.5, 0.6) is 0 Å². The molecule has 3 rings (SSSR count). The highest BCUT2D eigenvalue weighted by molar-refractivity contribution is 7.89. The van der Waals surface area contributed by atoms with Crippen LogP contribution in [-0.2, 0) is 26.2 Å². The van der Waals surface area contributed by atoms with Gasteiger partial charge in [0.15, 0.2) is 0 Å². The minimum atomic E-state index is -3.82. The fraction of sp³-hybridized carbons (Fsp3) is 0.478. The molecule has 0 spiro atoms. The normalized spacial score (nSPS) is 15.8. The standard InChI is InChI=1S/C23H31N3O4S2/c1-2-21(23(28)25-18-10-5-3-6-11-18)26(17-19-12-9-15-31-19)22(27)16-24-32(29,30)20-13-7-4-8-14-20/h4,7-9,12-15,18,21,24H,2-3,5-6,10-11,16-17H2,1H3,(H,25,28). The quantitative estimate of drug-likeness (QED) is 0.549. The van der Waals surface area contributed by atoms with Gasteiger partial charge < -0.3 is 10.2 Å². The molecule has 1 heterocycles. The van der Waals surface area contributed by atoms with E-state index in [0.29, 0.717) is 6.42 Å². The molecule has 1 saturated carbocycles. The second-order valence-electron chi connectivity index (χ2n) is 8.01. The predicted octanol–water partition coefficient (Wildman–Crippen LogP) is 3.28. The number of nitrogens with zero attached hydrogens (tertiary/aromatic N) is 1. The van der Waals surface area contributed by atoms with Gasteiger partial charge in [-0.2, -0.15) is 0 Å². The minimum Gasteiger partial charge on any atom is -0.352 e. The van der Waals surface area contributed by atoms with E-state index in [1.807, 2.05) is 24.4 Å². The van der Waals surface area contributed by atoms with E-state index in [-0.39, 0.29) is 23.4 Å². The van der Waals surface area contributed by atoms with Crippen LogP contribution in [0.2, 0.25) is 0 Å². The van der Waals surface area contributed by atoms with Crippen LogP contribution in [0.4, 0.5) is 0 Å². The summed E-state index contributed by atoms with van der Waals surface area (Å²) in [6.45, 7) is 1.73. The van der Waals surface area contributed by atoms with Crippen LogP contribution in [0.1, 0.15) is 50.3 Å². The summed E-state index contributed by atoms with van der Waals surface area (Å²) in [6.07, 6.45) is 5.74. The fourth-order valence-electron chi connectivity index (χ4n) is 3.98. The van der Waals surface area contributed by atoms with Crippen molar-refractivity contribution < 1.29 is 18.0 Å². The zero-order valence-electron chi connectivity index (χ0n) is 18.3. The molecule has 2 N–H and O–H groups in total. The number of carbonyl (C=O) groups excluding carboxylic acids is 2. The average molecular weight is 478 g/mol. The van der Waals surface area contributed by atoms with E-state index in [1.165, 1.54) is 34.8 Å². The van der Waals surface area contributed by atoms with Crippen molar-refractivity contribution in [3.05, 3.63) is 52.7 Å². The van der Waals surface area contributed by atoms with Gasteiger partial charge in [0.05, 0.1) is 18.0 Å². The molecule has 1 aliphatic rings. The second-order valence-corrected chi connectivity index (χ2v) is 10.8. The molecule has 1 aliphatic carbocycles. The van der Waals surface area contributed by atoms with Gasteiger partial charge in [0.1, 0.15) is 6.04 Å². The molecule has 174 valence electrons. The van der Waals surface area contributed by atoms with Gasteiger partial charge in [-0.3, -0.25) is 9.59 Å². The lowest BCUT2D eigenvalue weighted by Crippen LogP contribution is -2.53. The fourth-order valence-corrected chi connectivity index (χ4v) is 5.67. The third kappa shape index (κ3) is 6.63. The van der Waals surface area contributed by atoms with Gasteiger partial charge in [-0.1, -0.05) is 50.5 Å². The van der Waals surface area contributed by atoms with Crippen LogP contribution in [0, 0.1) is 0 Å². The van der Waals surface area contributed by atoms with Gasteiger partial charge in [-0.25, -0.2) is 13.1 Å². The number of nitrogens with one attached hydrogen (secondary N) is 2. The van der Waals surface area contributed by atoms with E-state index >= 15 is 0 Å². The Balaban J connectivity index is 1.73. The van der Waals surface area contributed by atoms with Crippen LogP contribution in [0.15, 0.2) is 52.7 Å². The van der Waals surface area contributed by atoms with Crippen molar-refractivity contribution in [1.82, 2.24) is 14.9 Å². The highest BCUT2D eigenvalue weighted by Crippen LogP contribution is 2.20. The molecule has 2 amide bonds. The van der Waals surface area contributed by atoms with Gasteiger partial charge in [0.2, 0.25) is 21.8 Å². The largest absolute Gasteiger partial charge is 0.352 e. The SMILES string of the molecule is CCC(C(=O)NC1CCCCC1)N(Cc1cccs1)C(=O)CNS(=O)(=O)c1ccccc1. The first-order valence-corrected chi connectivity index (χ1v) is 13.4. The Morgan fingerprint density at radius 2 is 1.81 bits per heavy atom. The average Bonchev–Trinajstić information content (AvgIpc) is 3.32. The van der Waals surface area contributed by atoms with Crippen molar-refractivity contribution in [2.45, 2.75) is 69.0 Å². The van der Waals surface area contributed by atoms with Gasteiger partial charge in [-0.15, -0.1) is 11.3 Å². The second kappa shape index (κ2) is 11.6. The van der Waals surface area contributed by atoms with E-state index in [9.17, 15) is 18.0 Å². The maximum absolute atomic E-state index is 13.2. The molecule has 1 aromatic carbocycles. The third-order valence-electron chi connectivity index (χ3n) is 5.71. The highest BCUT2D eigenvalue weighted by Gasteiger charge is 2.31. The van der Waals surface area contributed by atoms with Crippen molar-refractivity contribution in [3.63, 3.8) is 0 Å². The van der Waals surface area contributed by atoms with Gasteiger partial charge >= 0.3 is 0 Å². The summed E-state index contributed by atoms with van der Waals surface area (Å²) >= 11 is 1.50. The van der Waals surface area contributed by atoms with Crippen LogP contribution >= 0.6 is 11.3 Å². The van der Waals surface area contributed by atoms with Crippen LogP contribution in [-0.4, -0.2) is 43.8 Å². The van der Waals surface area contributed by atoms with E-state index in [1.54, 1.807) is 18.2 Å². The zero-order valence-corrected chi connectivity index (χ0v) is 20.0. The maximum atomic E-state index is 13.2. The summed E-state index contributed by atoms with van der Waals surface area (Å²) in [5.41, 5.74) is 0. The molecule has 1 aromatic heterocycles. The summed E-state index contributed by atoms with van der Waals surface area (Å²) in [4.78, 5) is 28.8. The minimum absolute atomic E-state index is 0.0969. The van der Waals surface area contributed by atoms with Crippen LogP contribution in [0.3, 0.4) is 0 Å². The monoisotopic (exact) mass is 477 g/mol. The molecule has 1 atom stereocenters. The molecule has 7 nitrogen and oxygen atoms in total. The number of thiophene rings is 1. The number of hydrogen-bond donors (Lipinski definition) is 2. The summed E-state index contributed by atoms with van der Waals surface area (Å²) in [5.74, 6) is -0.598. The lowest BCUT2D eigenvalue weighted by molar-refractivity contribution is -0.140. The Labute approximate surface area is 194 Å². The van der Waals surface area contributed by atoms with E-state index < -0.39 is 28.5 Å². The first kappa shape index (κ1) is 24.4. The number of amides is 2. The molecule has 0 saturated heterocycles. The molecule has 9 heteroatoms. The first-order chi connectivity index (χ1) is 15.4. The molecule has 2 aromatic rings. The predicted molar refractivity (Wildman–Crippen MR) is 126 cm³/mol. The number of carbonyl (C=O) groups is 2.